The van der Waals surface area contributed by atoms with Crippen LogP contribution in [0.2, 0.25) is 5.02 Å². The Hall–Kier alpha value is -1.99. The van der Waals surface area contributed by atoms with Crippen LogP contribution in [0.25, 0.3) is 6.08 Å². The molecule has 1 fully saturated rings. The van der Waals surface area contributed by atoms with Gasteiger partial charge in [-0.25, -0.2) is 0 Å². The summed E-state index contributed by atoms with van der Waals surface area (Å²) < 4.78 is 39.1. The number of carbonyl (C=O) groups excluding carboxylic acids is 1. The topological polar surface area (TPSA) is 32.3 Å². The summed E-state index contributed by atoms with van der Waals surface area (Å²) in [6.07, 6.45) is 0.571. The van der Waals surface area contributed by atoms with Gasteiger partial charge in [0.15, 0.2) is 0 Å². The zero-order valence-electron chi connectivity index (χ0n) is 15.3. The average Bonchev–Trinajstić information content (AvgIpc) is 3.07. The molecule has 0 radical (unpaired) electrons. The van der Waals surface area contributed by atoms with Crippen LogP contribution in [0, 0.1) is 0 Å². The van der Waals surface area contributed by atoms with E-state index in [1.807, 2.05) is 35.4 Å². The summed E-state index contributed by atoms with van der Waals surface area (Å²) in [5.74, 6) is 0.0171. The van der Waals surface area contributed by atoms with Crippen LogP contribution in [0.1, 0.15) is 29.5 Å². The molecule has 0 spiro atoms. The largest absolute Gasteiger partial charge is 0.416 e. The zero-order valence-corrected chi connectivity index (χ0v) is 17.7. The molecule has 3 nitrogen and oxygen atoms in total. The van der Waals surface area contributed by atoms with Gasteiger partial charge in [-0.05, 0) is 57.8 Å². The number of carbonyl (C=O) groups is 1. The Kier molecular flexibility index (Phi) is 6.90. The normalized spacial score (nSPS) is 17.0. The van der Waals surface area contributed by atoms with Crippen LogP contribution in [0.4, 0.5) is 13.2 Å². The zero-order chi connectivity index (χ0) is 21.0. The lowest BCUT2D eigenvalue weighted by atomic mass is 10.1. The molecule has 0 saturated carbocycles. The van der Waals surface area contributed by atoms with E-state index in [9.17, 15) is 18.0 Å². The highest BCUT2D eigenvalue weighted by Crippen LogP contribution is 2.30. The first kappa shape index (κ1) is 21.7. The molecule has 0 aromatic heterocycles. The Labute approximate surface area is 180 Å². The smallest absolute Gasteiger partial charge is 0.371 e. The van der Waals surface area contributed by atoms with E-state index in [-0.39, 0.29) is 11.9 Å². The third-order valence-electron chi connectivity index (χ3n) is 4.65. The molecule has 1 amide bonds. The molecule has 154 valence electrons. The number of hydrogen-bond donors (Lipinski definition) is 1. The summed E-state index contributed by atoms with van der Waals surface area (Å²) in [5.41, 5.74) is 0.883. The molecule has 1 unspecified atom stereocenters. The van der Waals surface area contributed by atoms with Crippen molar-refractivity contribution in [2.75, 3.05) is 6.54 Å². The van der Waals surface area contributed by atoms with E-state index in [1.54, 1.807) is 0 Å². The highest BCUT2D eigenvalue weighted by molar-refractivity contribution is 9.10. The van der Waals surface area contributed by atoms with E-state index in [2.05, 4.69) is 21.2 Å². The minimum atomic E-state index is -4.36. The molecule has 8 heteroatoms. The molecule has 2 aromatic rings. The summed E-state index contributed by atoms with van der Waals surface area (Å²) in [5, 5.41) is 3.50. The molecular weight excluding hydrogens is 469 g/mol. The molecule has 1 aliphatic rings. The lowest BCUT2D eigenvalue weighted by molar-refractivity contribution is -0.137. The number of amides is 1. The molecule has 1 N–H and O–H groups in total. The summed E-state index contributed by atoms with van der Waals surface area (Å²) in [6, 6.07) is 10.7. The first-order chi connectivity index (χ1) is 13.7. The quantitative estimate of drug-likeness (QED) is 0.552. The summed E-state index contributed by atoms with van der Waals surface area (Å²) in [7, 11) is 0. The molecule has 1 saturated heterocycles. The van der Waals surface area contributed by atoms with Crippen LogP contribution >= 0.6 is 27.5 Å². The predicted molar refractivity (Wildman–Crippen MR) is 111 cm³/mol. The highest BCUT2D eigenvalue weighted by Gasteiger charge is 2.30. The van der Waals surface area contributed by atoms with Gasteiger partial charge < -0.3 is 10.2 Å². The van der Waals surface area contributed by atoms with Crippen molar-refractivity contribution >= 4 is 39.5 Å². The summed E-state index contributed by atoms with van der Waals surface area (Å²) >= 11 is 9.69. The standard InChI is InChI=1S/C21H19BrClF3N2O/c22-18-3-1-2-15(20(18)23)10-11-28(13-17-8-9-19(29)27-17)12-14-4-6-16(7-5-14)21(24,25)26/h1-7,10-11,17H,8-9,12-13H2,(H,27,29). The molecular formula is C21H19BrClF3N2O. The van der Waals surface area contributed by atoms with Crippen LogP contribution < -0.4 is 5.32 Å². The van der Waals surface area contributed by atoms with Crippen molar-refractivity contribution in [1.82, 2.24) is 10.2 Å². The lowest BCUT2D eigenvalue weighted by Crippen LogP contribution is -2.36. The molecule has 0 bridgehead atoms. The van der Waals surface area contributed by atoms with Gasteiger partial charge in [-0.15, -0.1) is 0 Å². The van der Waals surface area contributed by atoms with E-state index in [4.69, 9.17) is 11.6 Å². The Bertz CT molecular complexity index is 900. The van der Waals surface area contributed by atoms with Crippen molar-refractivity contribution in [2.45, 2.75) is 31.6 Å². The van der Waals surface area contributed by atoms with Gasteiger partial charge in [0.1, 0.15) is 0 Å². The maximum absolute atomic E-state index is 12.8. The number of benzene rings is 2. The van der Waals surface area contributed by atoms with Gasteiger partial charge in [-0.3, -0.25) is 4.79 Å². The maximum atomic E-state index is 12.8. The van der Waals surface area contributed by atoms with Gasteiger partial charge in [0.05, 0.1) is 10.6 Å². The highest BCUT2D eigenvalue weighted by atomic mass is 79.9. The van der Waals surface area contributed by atoms with Crippen LogP contribution in [0.15, 0.2) is 53.1 Å². The Morgan fingerprint density at radius 2 is 1.93 bits per heavy atom. The molecule has 29 heavy (non-hydrogen) atoms. The van der Waals surface area contributed by atoms with Gasteiger partial charge >= 0.3 is 6.18 Å². The van der Waals surface area contributed by atoms with Crippen molar-refractivity contribution in [2.24, 2.45) is 0 Å². The van der Waals surface area contributed by atoms with Crippen molar-refractivity contribution in [1.29, 1.82) is 0 Å². The molecule has 1 aliphatic heterocycles. The van der Waals surface area contributed by atoms with Crippen molar-refractivity contribution in [3.8, 4) is 0 Å². The van der Waals surface area contributed by atoms with E-state index in [1.165, 1.54) is 12.1 Å². The third kappa shape index (κ3) is 6.00. The van der Waals surface area contributed by atoms with Gasteiger partial charge in [0.2, 0.25) is 5.91 Å². The lowest BCUT2D eigenvalue weighted by Gasteiger charge is -2.24. The second-order valence-electron chi connectivity index (χ2n) is 6.89. The Morgan fingerprint density at radius 1 is 1.21 bits per heavy atom. The minimum absolute atomic E-state index is 0.000389. The second kappa shape index (κ2) is 9.22. The van der Waals surface area contributed by atoms with Gasteiger partial charge in [-0.2, -0.15) is 13.2 Å². The molecule has 3 rings (SSSR count). The second-order valence-corrected chi connectivity index (χ2v) is 8.12. The van der Waals surface area contributed by atoms with E-state index in [0.29, 0.717) is 24.5 Å². The number of nitrogens with one attached hydrogen (secondary N) is 1. The molecule has 0 aliphatic carbocycles. The van der Waals surface area contributed by atoms with Crippen LogP contribution in [-0.4, -0.2) is 23.4 Å². The van der Waals surface area contributed by atoms with Crippen molar-refractivity contribution in [3.05, 3.63) is 74.9 Å². The number of rotatable bonds is 6. The first-order valence-corrected chi connectivity index (χ1v) is 10.2. The molecule has 1 atom stereocenters. The minimum Gasteiger partial charge on any atom is -0.371 e. The van der Waals surface area contributed by atoms with Crippen LogP contribution in [-0.2, 0) is 17.5 Å². The number of hydrogen-bond acceptors (Lipinski definition) is 2. The fourth-order valence-electron chi connectivity index (χ4n) is 3.14. The van der Waals surface area contributed by atoms with Crippen molar-refractivity contribution in [3.63, 3.8) is 0 Å². The van der Waals surface area contributed by atoms with E-state index < -0.39 is 11.7 Å². The van der Waals surface area contributed by atoms with Gasteiger partial charge in [-0.1, -0.05) is 35.9 Å². The predicted octanol–water partition coefficient (Wildman–Crippen LogP) is 5.87. The van der Waals surface area contributed by atoms with Crippen LogP contribution in [0.5, 0.6) is 0 Å². The summed E-state index contributed by atoms with van der Waals surface area (Å²) in [6.45, 7) is 0.960. The number of nitrogens with zero attached hydrogens (tertiary/aromatic N) is 1. The number of alkyl halides is 3. The van der Waals surface area contributed by atoms with E-state index in [0.717, 1.165) is 34.2 Å². The third-order valence-corrected chi connectivity index (χ3v) is 5.96. The van der Waals surface area contributed by atoms with Gasteiger partial charge in [0.25, 0.3) is 0 Å². The number of halogens is 5. The Balaban J connectivity index is 1.78. The fourth-order valence-corrected chi connectivity index (χ4v) is 3.71. The van der Waals surface area contributed by atoms with E-state index >= 15 is 0 Å². The average molecular weight is 488 g/mol. The summed E-state index contributed by atoms with van der Waals surface area (Å²) in [4.78, 5) is 13.5. The van der Waals surface area contributed by atoms with Crippen LogP contribution in [0.3, 0.4) is 0 Å². The molecule has 1 heterocycles. The Morgan fingerprint density at radius 3 is 2.55 bits per heavy atom. The van der Waals surface area contributed by atoms with Gasteiger partial charge in [0, 0.05) is 36.2 Å². The van der Waals surface area contributed by atoms with Crippen molar-refractivity contribution < 1.29 is 18.0 Å². The molecule has 2 aromatic carbocycles. The maximum Gasteiger partial charge on any atom is 0.416 e. The fraction of sp³-hybridized carbons (Fsp3) is 0.286. The first-order valence-electron chi connectivity index (χ1n) is 9.04. The monoisotopic (exact) mass is 486 g/mol. The SMILES string of the molecule is O=C1CCC(CN(C=Cc2cccc(Br)c2Cl)Cc2ccc(C(F)(F)F)cc2)N1.